The molecule has 0 N–H and O–H groups in total. The highest BCUT2D eigenvalue weighted by molar-refractivity contribution is 7.25. The number of hydrogen-bond acceptors (Lipinski definition) is 3. The standard InChI is InChI=1S/C54H34N2OS/c1-6-21-47(56-48-22-7-2-16-41(48)42-17-3-8-23-49(42)56)40(15-1)37-14-11-13-36(33-37)35-27-29-38(30-28-35)55(39-31-32-53-46(34-39)44-19-5-10-26-52(44)58-53)50-24-12-20-45-43-18-4-9-25-51(43)57-54(45)50/h1-34H. The largest absolute Gasteiger partial charge is 0.454 e. The third-order valence-electron chi connectivity index (χ3n) is 11.6. The van der Waals surface area contributed by atoms with Crippen molar-refractivity contribution in [3.8, 4) is 27.9 Å². The van der Waals surface area contributed by atoms with Crippen LogP contribution in [0, 0.1) is 0 Å². The van der Waals surface area contributed by atoms with Crippen molar-refractivity contribution >= 4 is 92.3 Å². The molecule has 272 valence electrons. The first-order valence-corrected chi connectivity index (χ1v) is 20.5. The molecule has 0 unspecified atom stereocenters. The van der Waals surface area contributed by atoms with Gasteiger partial charge in [0, 0.05) is 58.7 Å². The topological polar surface area (TPSA) is 21.3 Å². The van der Waals surface area contributed by atoms with Crippen LogP contribution in [0.15, 0.2) is 211 Å². The number of fused-ring (bicyclic) bond motifs is 9. The molecular formula is C54H34N2OS. The van der Waals surface area contributed by atoms with Gasteiger partial charge in [-0.05, 0) is 89.5 Å². The monoisotopic (exact) mass is 758 g/mol. The van der Waals surface area contributed by atoms with Crippen LogP contribution in [0.3, 0.4) is 0 Å². The summed E-state index contributed by atoms with van der Waals surface area (Å²) in [5.41, 5.74) is 13.2. The summed E-state index contributed by atoms with van der Waals surface area (Å²) in [7, 11) is 0. The number of benzene rings is 9. The number of thiophene rings is 1. The Labute approximate surface area is 338 Å². The van der Waals surface area contributed by atoms with E-state index in [1.165, 1.54) is 53.1 Å². The minimum Gasteiger partial charge on any atom is -0.454 e. The number of aromatic nitrogens is 1. The predicted molar refractivity (Wildman–Crippen MR) is 247 cm³/mol. The maximum Gasteiger partial charge on any atom is 0.159 e. The van der Waals surface area contributed by atoms with Gasteiger partial charge in [-0.1, -0.05) is 133 Å². The molecular weight excluding hydrogens is 725 g/mol. The Morgan fingerprint density at radius 1 is 0.397 bits per heavy atom. The highest BCUT2D eigenvalue weighted by atomic mass is 32.1. The first-order chi connectivity index (χ1) is 28.8. The molecule has 0 atom stereocenters. The molecule has 0 radical (unpaired) electrons. The van der Waals surface area contributed by atoms with E-state index in [1.54, 1.807) is 0 Å². The van der Waals surface area contributed by atoms with Gasteiger partial charge in [-0.2, -0.15) is 0 Å². The highest BCUT2D eigenvalue weighted by Gasteiger charge is 2.21. The summed E-state index contributed by atoms with van der Waals surface area (Å²) in [6.45, 7) is 0. The van der Waals surface area contributed by atoms with Crippen LogP contribution in [-0.4, -0.2) is 4.57 Å². The van der Waals surface area contributed by atoms with Crippen molar-refractivity contribution in [2.45, 2.75) is 0 Å². The van der Waals surface area contributed by atoms with Crippen LogP contribution in [0.25, 0.3) is 91.9 Å². The fraction of sp³-hybridized carbons (Fsp3) is 0. The Bertz CT molecular complexity index is 3480. The Hall–Kier alpha value is -7.40. The van der Waals surface area contributed by atoms with Crippen molar-refractivity contribution in [1.82, 2.24) is 4.57 Å². The minimum absolute atomic E-state index is 0.873. The molecule has 0 fully saturated rings. The number of rotatable bonds is 6. The maximum atomic E-state index is 6.64. The maximum absolute atomic E-state index is 6.64. The third-order valence-corrected chi connectivity index (χ3v) is 12.8. The van der Waals surface area contributed by atoms with Gasteiger partial charge in [0.15, 0.2) is 5.58 Å². The average Bonchev–Trinajstić information content (AvgIpc) is 3.97. The van der Waals surface area contributed by atoms with E-state index in [4.69, 9.17) is 4.42 Å². The summed E-state index contributed by atoms with van der Waals surface area (Å²) >= 11 is 1.84. The summed E-state index contributed by atoms with van der Waals surface area (Å²) in [5, 5.41) is 7.28. The normalized spacial score (nSPS) is 11.8. The van der Waals surface area contributed by atoms with Gasteiger partial charge < -0.3 is 13.9 Å². The lowest BCUT2D eigenvalue weighted by Crippen LogP contribution is -2.10. The molecule has 0 amide bonds. The second-order valence-electron chi connectivity index (χ2n) is 14.9. The van der Waals surface area contributed by atoms with Crippen molar-refractivity contribution in [2.75, 3.05) is 4.90 Å². The van der Waals surface area contributed by atoms with Gasteiger partial charge in [0.25, 0.3) is 0 Å². The van der Waals surface area contributed by atoms with E-state index in [-0.39, 0.29) is 0 Å². The van der Waals surface area contributed by atoms with E-state index in [1.807, 2.05) is 17.4 Å². The Morgan fingerprint density at radius 3 is 1.84 bits per heavy atom. The minimum atomic E-state index is 0.873. The van der Waals surface area contributed by atoms with Gasteiger partial charge in [-0.15, -0.1) is 11.3 Å². The van der Waals surface area contributed by atoms with Crippen molar-refractivity contribution in [3.63, 3.8) is 0 Å². The molecule has 0 saturated heterocycles. The number of hydrogen-bond donors (Lipinski definition) is 0. The fourth-order valence-corrected chi connectivity index (χ4v) is 10.0. The molecule has 9 aromatic carbocycles. The van der Waals surface area contributed by atoms with Crippen LogP contribution >= 0.6 is 11.3 Å². The van der Waals surface area contributed by atoms with Crippen LogP contribution in [0.5, 0.6) is 0 Å². The van der Waals surface area contributed by atoms with Gasteiger partial charge in [0.05, 0.1) is 22.4 Å². The summed E-state index contributed by atoms with van der Waals surface area (Å²) in [4.78, 5) is 2.35. The quantitative estimate of drug-likeness (QED) is 0.168. The zero-order chi connectivity index (χ0) is 38.2. The molecule has 12 aromatic rings. The Morgan fingerprint density at radius 2 is 1.02 bits per heavy atom. The molecule has 0 aliphatic rings. The SMILES string of the molecule is c1cc(-c2ccc(N(c3ccc4sc5ccccc5c4c3)c3cccc4c3oc3ccccc34)cc2)cc(-c2ccccc2-n2c3ccccc3c3ccccc32)c1. The highest BCUT2D eigenvalue weighted by Crippen LogP contribution is 2.45. The molecule has 3 nitrogen and oxygen atoms in total. The van der Waals surface area contributed by atoms with Crippen LogP contribution in [0.2, 0.25) is 0 Å². The molecule has 0 aliphatic carbocycles. The molecule has 0 bridgehead atoms. The van der Waals surface area contributed by atoms with Gasteiger partial charge in [-0.3, -0.25) is 0 Å². The van der Waals surface area contributed by atoms with Crippen molar-refractivity contribution < 1.29 is 4.42 Å². The summed E-state index contributed by atoms with van der Waals surface area (Å²) in [6, 6.07) is 74.4. The third kappa shape index (κ3) is 5.12. The molecule has 4 heteroatoms. The van der Waals surface area contributed by atoms with Crippen LogP contribution in [-0.2, 0) is 0 Å². The van der Waals surface area contributed by atoms with E-state index in [0.29, 0.717) is 0 Å². The van der Waals surface area contributed by atoms with E-state index < -0.39 is 0 Å². The summed E-state index contributed by atoms with van der Waals surface area (Å²) in [6.07, 6.45) is 0. The van der Waals surface area contributed by atoms with Crippen LogP contribution in [0.1, 0.15) is 0 Å². The molecule has 0 spiro atoms. The van der Waals surface area contributed by atoms with Crippen molar-refractivity contribution in [3.05, 3.63) is 206 Å². The lowest BCUT2D eigenvalue weighted by Gasteiger charge is -2.26. The average molecular weight is 759 g/mol. The Kier molecular flexibility index (Phi) is 7.40. The van der Waals surface area contributed by atoms with Gasteiger partial charge in [0.2, 0.25) is 0 Å². The van der Waals surface area contributed by atoms with E-state index in [2.05, 4.69) is 210 Å². The van der Waals surface area contributed by atoms with Gasteiger partial charge >= 0.3 is 0 Å². The number of furan rings is 1. The lowest BCUT2D eigenvalue weighted by molar-refractivity contribution is 0.669. The van der Waals surface area contributed by atoms with Gasteiger partial charge in [0.1, 0.15) is 5.58 Å². The fourth-order valence-electron chi connectivity index (χ4n) is 8.95. The first-order valence-electron chi connectivity index (χ1n) is 19.7. The number of nitrogens with zero attached hydrogens (tertiary/aromatic N) is 2. The molecule has 3 heterocycles. The second kappa shape index (κ2) is 13.1. The molecule has 0 aliphatic heterocycles. The van der Waals surface area contributed by atoms with E-state index in [9.17, 15) is 0 Å². The molecule has 0 saturated carbocycles. The van der Waals surface area contributed by atoms with E-state index in [0.717, 1.165) is 55.8 Å². The lowest BCUT2D eigenvalue weighted by atomic mass is 9.97. The number of anilines is 3. The predicted octanol–water partition coefficient (Wildman–Crippen LogP) is 15.9. The second-order valence-corrected chi connectivity index (χ2v) is 16.0. The molecule has 58 heavy (non-hydrogen) atoms. The summed E-state index contributed by atoms with van der Waals surface area (Å²) in [5.74, 6) is 0. The molecule has 3 aromatic heterocycles. The van der Waals surface area contributed by atoms with E-state index >= 15 is 0 Å². The zero-order valence-electron chi connectivity index (χ0n) is 31.3. The van der Waals surface area contributed by atoms with Crippen LogP contribution < -0.4 is 4.90 Å². The Balaban J connectivity index is 0.981. The zero-order valence-corrected chi connectivity index (χ0v) is 32.2. The van der Waals surface area contributed by atoms with Gasteiger partial charge in [-0.25, -0.2) is 0 Å². The van der Waals surface area contributed by atoms with Crippen molar-refractivity contribution in [2.24, 2.45) is 0 Å². The number of para-hydroxylation sites is 5. The first kappa shape index (κ1) is 32.8. The summed E-state index contributed by atoms with van der Waals surface area (Å²) < 4.78 is 11.6. The molecule has 12 rings (SSSR count). The smallest absolute Gasteiger partial charge is 0.159 e. The van der Waals surface area contributed by atoms with Crippen molar-refractivity contribution in [1.29, 1.82) is 0 Å². The van der Waals surface area contributed by atoms with Crippen LogP contribution in [0.4, 0.5) is 17.1 Å².